The maximum atomic E-state index is 11.4. The smallest absolute Gasteiger partial charge is 0.328 e. The Morgan fingerprint density at radius 2 is 2.29 bits per heavy atom. The van der Waals surface area contributed by atoms with Crippen LogP contribution in [0.2, 0.25) is 0 Å². The highest BCUT2D eigenvalue weighted by atomic mass is 16.4. The lowest BCUT2D eigenvalue weighted by Crippen LogP contribution is -2.22. The summed E-state index contributed by atoms with van der Waals surface area (Å²) in [5.41, 5.74) is 0.674. The van der Waals surface area contributed by atoms with Crippen molar-refractivity contribution in [2.75, 3.05) is 0 Å². The summed E-state index contributed by atoms with van der Waals surface area (Å²) in [7, 11) is 1.52. The van der Waals surface area contributed by atoms with Gasteiger partial charge in [0, 0.05) is 18.7 Å². The number of hydrogen-bond acceptors (Lipinski definition) is 3. The van der Waals surface area contributed by atoms with E-state index in [-0.39, 0.29) is 5.56 Å². The van der Waals surface area contributed by atoms with Crippen LogP contribution in [0, 0.1) is 6.92 Å². The number of aliphatic carboxylic acids is 1. The molecule has 0 bridgehead atoms. The van der Waals surface area contributed by atoms with E-state index in [2.05, 4.69) is 5.10 Å². The fourth-order valence-electron chi connectivity index (χ4n) is 1.06. The van der Waals surface area contributed by atoms with E-state index in [1.165, 1.54) is 17.8 Å². The van der Waals surface area contributed by atoms with Gasteiger partial charge < -0.3 is 5.11 Å². The standard InChI is InChI=1S/C9H10N2O3/c1-6-5-7(3-4-8(12)13)9(14)11(2)10-6/h3-5H,1-2H3,(H,12,13)/b4-3+. The highest BCUT2D eigenvalue weighted by molar-refractivity contribution is 5.85. The van der Waals surface area contributed by atoms with Gasteiger partial charge in [-0.1, -0.05) is 0 Å². The first-order valence-electron chi connectivity index (χ1n) is 3.96. The molecule has 0 saturated heterocycles. The van der Waals surface area contributed by atoms with Crippen molar-refractivity contribution in [1.29, 1.82) is 0 Å². The quantitative estimate of drug-likeness (QED) is 0.682. The van der Waals surface area contributed by atoms with Crippen molar-refractivity contribution in [3.8, 4) is 0 Å². The predicted octanol–water partition coefficient (Wildman–Crippen LogP) is 0.187. The Balaban J connectivity index is 3.21. The molecular formula is C9H10N2O3. The van der Waals surface area contributed by atoms with Crippen LogP contribution in [0.3, 0.4) is 0 Å². The van der Waals surface area contributed by atoms with Crippen molar-refractivity contribution in [2.45, 2.75) is 6.92 Å². The molecule has 1 heterocycles. The topological polar surface area (TPSA) is 72.2 Å². The first kappa shape index (κ1) is 10.2. The van der Waals surface area contributed by atoms with Crippen molar-refractivity contribution in [3.63, 3.8) is 0 Å². The van der Waals surface area contributed by atoms with Gasteiger partial charge in [-0.15, -0.1) is 0 Å². The Morgan fingerprint density at radius 3 is 2.86 bits per heavy atom. The lowest BCUT2D eigenvalue weighted by molar-refractivity contribution is -0.131. The lowest BCUT2D eigenvalue weighted by atomic mass is 10.2. The summed E-state index contributed by atoms with van der Waals surface area (Å²) in [6.45, 7) is 1.73. The number of carbonyl (C=O) groups is 1. The molecule has 0 spiro atoms. The molecule has 0 atom stereocenters. The molecule has 0 amide bonds. The highest BCUT2D eigenvalue weighted by Crippen LogP contribution is 1.97. The van der Waals surface area contributed by atoms with Crippen LogP contribution in [0.5, 0.6) is 0 Å². The maximum absolute atomic E-state index is 11.4. The Morgan fingerprint density at radius 1 is 1.64 bits per heavy atom. The van der Waals surface area contributed by atoms with Crippen molar-refractivity contribution in [3.05, 3.63) is 33.8 Å². The summed E-state index contributed by atoms with van der Waals surface area (Å²) < 4.78 is 1.18. The second-order valence-electron chi connectivity index (χ2n) is 2.84. The number of aryl methyl sites for hydroxylation is 2. The molecule has 0 aliphatic rings. The van der Waals surface area contributed by atoms with E-state index < -0.39 is 5.97 Å². The van der Waals surface area contributed by atoms with E-state index in [1.54, 1.807) is 13.0 Å². The molecule has 1 N–H and O–H groups in total. The average molecular weight is 194 g/mol. The first-order chi connectivity index (χ1) is 6.50. The second-order valence-corrected chi connectivity index (χ2v) is 2.84. The van der Waals surface area contributed by atoms with Crippen LogP contribution in [-0.2, 0) is 11.8 Å². The second kappa shape index (κ2) is 3.87. The van der Waals surface area contributed by atoms with Gasteiger partial charge in [0.05, 0.1) is 5.69 Å². The Kier molecular flexibility index (Phi) is 2.81. The number of carboxylic acids is 1. The third kappa shape index (κ3) is 2.29. The molecule has 1 aromatic rings. The van der Waals surface area contributed by atoms with E-state index in [0.29, 0.717) is 11.3 Å². The van der Waals surface area contributed by atoms with Crippen LogP contribution in [0.1, 0.15) is 11.3 Å². The van der Waals surface area contributed by atoms with Gasteiger partial charge >= 0.3 is 5.97 Å². The number of rotatable bonds is 2. The van der Waals surface area contributed by atoms with E-state index >= 15 is 0 Å². The van der Waals surface area contributed by atoms with Gasteiger partial charge in [-0.05, 0) is 19.1 Å². The summed E-state index contributed by atoms with van der Waals surface area (Å²) in [6, 6.07) is 1.54. The van der Waals surface area contributed by atoms with Gasteiger partial charge in [-0.3, -0.25) is 4.79 Å². The minimum Gasteiger partial charge on any atom is -0.478 e. The zero-order valence-electron chi connectivity index (χ0n) is 7.89. The zero-order valence-corrected chi connectivity index (χ0v) is 7.89. The van der Waals surface area contributed by atoms with E-state index in [0.717, 1.165) is 6.08 Å². The molecule has 5 heteroatoms. The maximum Gasteiger partial charge on any atom is 0.328 e. The summed E-state index contributed by atoms with van der Waals surface area (Å²) in [4.78, 5) is 21.6. The summed E-state index contributed by atoms with van der Waals surface area (Å²) in [5.74, 6) is -1.08. The van der Waals surface area contributed by atoms with Gasteiger partial charge in [-0.25, -0.2) is 9.48 Å². The van der Waals surface area contributed by atoms with E-state index in [9.17, 15) is 9.59 Å². The van der Waals surface area contributed by atoms with Crippen LogP contribution in [0.4, 0.5) is 0 Å². The monoisotopic (exact) mass is 194 g/mol. The minimum atomic E-state index is -1.08. The third-order valence-corrected chi connectivity index (χ3v) is 1.62. The number of hydrogen-bond donors (Lipinski definition) is 1. The van der Waals surface area contributed by atoms with E-state index in [1.807, 2.05) is 0 Å². The van der Waals surface area contributed by atoms with Crippen molar-refractivity contribution in [1.82, 2.24) is 9.78 Å². The van der Waals surface area contributed by atoms with Gasteiger partial charge in [0.15, 0.2) is 0 Å². The molecule has 0 aliphatic carbocycles. The van der Waals surface area contributed by atoms with Gasteiger partial charge in [-0.2, -0.15) is 5.10 Å². The van der Waals surface area contributed by atoms with Crippen LogP contribution in [0.25, 0.3) is 6.08 Å². The minimum absolute atomic E-state index is 0.312. The molecule has 0 radical (unpaired) electrons. The molecular weight excluding hydrogens is 184 g/mol. The number of aromatic nitrogens is 2. The van der Waals surface area contributed by atoms with Crippen LogP contribution in [-0.4, -0.2) is 20.9 Å². The van der Waals surface area contributed by atoms with Crippen molar-refractivity contribution < 1.29 is 9.90 Å². The van der Waals surface area contributed by atoms with Crippen LogP contribution in [0.15, 0.2) is 16.9 Å². The van der Waals surface area contributed by atoms with Gasteiger partial charge in [0.1, 0.15) is 0 Å². The third-order valence-electron chi connectivity index (χ3n) is 1.62. The Hall–Kier alpha value is -1.91. The lowest BCUT2D eigenvalue weighted by Gasteiger charge is -1.99. The molecule has 1 rings (SSSR count). The molecule has 14 heavy (non-hydrogen) atoms. The molecule has 0 aromatic carbocycles. The van der Waals surface area contributed by atoms with E-state index in [4.69, 9.17) is 5.11 Å². The largest absolute Gasteiger partial charge is 0.478 e. The van der Waals surface area contributed by atoms with Crippen molar-refractivity contribution in [2.24, 2.45) is 7.05 Å². The first-order valence-corrected chi connectivity index (χ1v) is 3.96. The molecule has 0 fully saturated rings. The molecule has 5 nitrogen and oxygen atoms in total. The molecule has 0 aliphatic heterocycles. The summed E-state index contributed by atoms with van der Waals surface area (Å²) in [5, 5.41) is 12.3. The molecule has 0 unspecified atom stereocenters. The van der Waals surface area contributed by atoms with Gasteiger partial charge in [0.25, 0.3) is 5.56 Å². The predicted molar refractivity (Wildman–Crippen MR) is 50.9 cm³/mol. The number of carboxylic acid groups (broad SMARTS) is 1. The van der Waals surface area contributed by atoms with Crippen LogP contribution >= 0.6 is 0 Å². The zero-order chi connectivity index (χ0) is 10.7. The molecule has 1 aromatic heterocycles. The van der Waals surface area contributed by atoms with Gasteiger partial charge in [0.2, 0.25) is 0 Å². The Labute approximate surface area is 80.3 Å². The molecule has 74 valence electrons. The molecule has 0 saturated carbocycles. The summed E-state index contributed by atoms with van der Waals surface area (Å²) in [6.07, 6.45) is 2.19. The fourth-order valence-corrected chi connectivity index (χ4v) is 1.06. The Bertz CT molecular complexity index is 446. The average Bonchev–Trinajstić information content (AvgIpc) is 2.08. The fraction of sp³-hybridized carbons (Fsp3) is 0.222. The summed E-state index contributed by atoms with van der Waals surface area (Å²) >= 11 is 0. The van der Waals surface area contributed by atoms with Crippen LogP contribution < -0.4 is 5.56 Å². The SMILES string of the molecule is Cc1cc(/C=C/C(=O)O)c(=O)n(C)n1. The van der Waals surface area contributed by atoms with Crippen molar-refractivity contribution >= 4 is 12.0 Å². The number of nitrogens with zero attached hydrogens (tertiary/aromatic N) is 2. The highest BCUT2D eigenvalue weighted by Gasteiger charge is 2.00. The normalized spacial score (nSPS) is 10.7.